The number of carbonyl (C=O) groups is 1. The summed E-state index contributed by atoms with van der Waals surface area (Å²) in [6, 6.07) is 9.86. The van der Waals surface area contributed by atoms with Crippen LogP contribution in [0.1, 0.15) is 12.5 Å². The van der Waals surface area contributed by atoms with Crippen molar-refractivity contribution in [3.63, 3.8) is 0 Å². The van der Waals surface area contributed by atoms with Gasteiger partial charge in [0.05, 0.1) is 4.91 Å². The third-order valence-corrected chi connectivity index (χ3v) is 2.51. The van der Waals surface area contributed by atoms with Crippen LogP contribution in [-0.4, -0.2) is 12.0 Å². The van der Waals surface area contributed by atoms with E-state index in [0.717, 1.165) is 10.5 Å². The van der Waals surface area contributed by atoms with Crippen LogP contribution in [0.15, 0.2) is 35.2 Å². The fourth-order valence-corrected chi connectivity index (χ4v) is 1.55. The Morgan fingerprint density at radius 3 is 2.38 bits per heavy atom. The molecule has 2 heteroatoms. The van der Waals surface area contributed by atoms with Crippen LogP contribution in [-0.2, 0) is 4.79 Å². The number of rotatable bonds is 3. The molecule has 0 fully saturated rings. The largest absolute Gasteiger partial charge is 0.294 e. The van der Waals surface area contributed by atoms with Gasteiger partial charge in [-0.3, -0.25) is 4.79 Å². The van der Waals surface area contributed by atoms with E-state index in [1.807, 2.05) is 42.7 Å². The zero-order valence-corrected chi connectivity index (χ0v) is 8.60. The monoisotopic (exact) mass is 192 g/mol. The van der Waals surface area contributed by atoms with Gasteiger partial charge in [0.2, 0.25) is 0 Å². The Morgan fingerprint density at radius 1 is 1.31 bits per heavy atom. The molecule has 0 aromatic heterocycles. The van der Waals surface area contributed by atoms with Crippen molar-refractivity contribution in [2.75, 3.05) is 6.26 Å². The molecule has 1 nitrogen and oxygen atoms in total. The summed E-state index contributed by atoms with van der Waals surface area (Å²) >= 11 is 1.48. The molecule has 1 aromatic rings. The molecule has 0 radical (unpaired) electrons. The average molecular weight is 192 g/mol. The lowest BCUT2D eigenvalue weighted by molar-refractivity contribution is -0.112. The van der Waals surface area contributed by atoms with Gasteiger partial charge in [0.15, 0.2) is 5.78 Å². The first-order chi connectivity index (χ1) is 6.24. The van der Waals surface area contributed by atoms with Crippen molar-refractivity contribution < 1.29 is 4.79 Å². The lowest BCUT2D eigenvalue weighted by Gasteiger charge is -1.98. The summed E-state index contributed by atoms with van der Waals surface area (Å²) in [4.78, 5) is 11.9. The lowest BCUT2D eigenvalue weighted by atomic mass is 10.2. The smallest absolute Gasteiger partial charge is 0.166 e. The van der Waals surface area contributed by atoms with Crippen molar-refractivity contribution in [3.05, 3.63) is 40.8 Å². The van der Waals surface area contributed by atoms with E-state index in [0.29, 0.717) is 0 Å². The number of hydrogen-bond donors (Lipinski definition) is 0. The van der Waals surface area contributed by atoms with Crippen LogP contribution < -0.4 is 0 Å². The minimum atomic E-state index is 0.122. The zero-order valence-electron chi connectivity index (χ0n) is 7.78. The van der Waals surface area contributed by atoms with E-state index in [2.05, 4.69) is 0 Å². The van der Waals surface area contributed by atoms with Gasteiger partial charge in [-0.25, -0.2) is 0 Å². The summed E-state index contributed by atoms with van der Waals surface area (Å²) in [5.41, 5.74) is 1.07. The second-order valence-electron chi connectivity index (χ2n) is 2.68. The highest BCUT2D eigenvalue weighted by molar-refractivity contribution is 8.03. The Hall–Kier alpha value is -1.02. The van der Waals surface area contributed by atoms with E-state index < -0.39 is 0 Å². The van der Waals surface area contributed by atoms with Crippen molar-refractivity contribution in [1.29, 1.82) is 0 Å². The fraction of sp³-hybridized carbons (Fsp3) is 0.182. The molecule has 0 aliphatic carbocycles. The van der Waals surface area contributed by atoms with Crippen LogP contribution in [0.5, 0.6) is 0 Å². The van der Waals surface area contributed by atoms with Crippen molar-refractivity contribution in [1.82, 2.24) is 0 Å². The van der Waals surface area contributed by atoms with Gasteiger partial charge in [-0.2, -0.15) is 0 Å². The molecule has 1 aromatic carbocycles. The highest BCUT2D eigenvalue weighted by Gasteiger charge is 2.00. The molecule has 0 atom stereocenters. The number of carbonyl (C=O) groups excluding carboxylic acids is 1. The maximum atomic E-state index is 11.1. The SMILES string of the molecule is CSC(=Cc1ccccc1)C(C)=O. The Kier molecular flexibility index (Phi) is 3.77. The summed E-state index contributed by atoms with van der Waals surface area (Å²) < 4.78 is 0. The van der Waals surface area contributed by atoms with Crippen LogP contribution in [0.2, 0.25) is 0 Å². The van der Waals surface area contributed by atoms with Gasteiger partial charge in [0, 0.05) is 0 Å². The predicted molar refractivity (Wildman–Crippen MR) is 58.6 cm³/mol. The summed E-state index contributed by atoms with van der Waals surface area (Å²) in [6.07, 6.45) is 3.82. The Morgan fingerprint density at radius 2 is 1.92 bits per heavy atom. The molecular formula is C11H12OS. The molecule has 0 aliphatic rings. The summed E-state index contributed by atoms with van der Waals surface area (Å²) in [5, 5.41) is 0. The maximum absolute atomic E-state index is 11.1. The molecule has 13 heavy (non-hydrogen) atoms. The topological polar surface area (TPSA) is 17.1 Å². The second kappa shape index (κ2) is 4.87. The van der Waals surface area contributed by atoms with E-state index in [9.17, 15) is 4.79 Å². The normalized spacial score (nSPS) is 11.4. The third-order valence-electron chi connectivity index (χ3n) is 1.66. The van der Waals surface area contributed by atoms with E-state index in [1.54, 1.807) is 6.92 Å². The molecule has 0 aliphatic heterocycles. The molecule has 0 saturated heterocycles. The highest BCUT2D eigenvalue weighted by Crippen LogP contribution is 2.16. The van der Waals surface area contributed by atoms with Crippen molar-refractivity contribution in [2.45, 2.75) is 6.92 Å². The first kappa shape index (κ1) is 10.1. The zero-order chi connectivity index (χ0) is 9.68. The summed E-state index contributed by atoms with van der Waals surface area (Å²) in [7, 11) is 0. The first-order valence-electron chi connectivity index (χ1n) is 4.05. The van der Waals surface area contributed by atoms with Gasteiger partial charge in [0.1, 0.15) is 0 Å². The van der Waals surface area contributed by atoms with E-state index >= 15 is 0 Å². The third kappa shape index (κ3) is 3.07. The molecular weight excluding hydrogens is 180 g/mol. The van der Waals surface area contributed by atoms with Crippen LogP contribution in [0.3, 0.4) is 0 Å². The summed E-state index contributed by atoms with van der Waals surface area (Å²) in [5.74, 6) is 0.122. The number of benzene rings is 1. The number of hydrogen-bond acceptors (Lipinski definition) is 2. The van der Waals surface area contributed by atoms with Gasteiger partial charge >= 0.3 is 0 Å². The molecule has 1 rings (SSSR count). The van der Waals surface area contributed by atoms with Gasteiger partial charge in [-0.1, -0.05) is 30.3 Å². The molecule has 0 unspecified atom stereocenters. The van der Waals surface area contributed by atoms with Crippen molar-refractivity contribution in [3.8, 4) is 0 Å². The van der Waals surface area contributed by atoms with Gasteiger partial charge in [-0.15, -0.1) is 11.8 Å². The molecule has 0 saturated carbocycles. The van der Waals surface area contributed by atoms with Crippen molar-refractivity contribution in [2.24, 2.45) is 0 Å². The molecule has 0 amide bonds. The van der Waals surface area contributed by atoms with E-state index in [1.165, 1.54) is 11.8 Å². The predicted octanol–water partition coefficient (Wildman–Crippen LogP) is 2.98. The Balaban J connectivity index is 2.92. The van der Waals surface area contributed by atoms with Crippen LogP contribution in [0, 0.1) is 0 Å². The Bertz CT molecular complexity index is 314. The molecule has 0 N–H and O–H groups in total. The number of Topliss-reactive ketones (excluding diaryl/α,β-unsaturated/α-hetero) is 1. The van der Waals surface area contributed by atoms with E-state index in [-0.39, 0.29) is 5.78 Å². The molecule has 0 heterocycles. The van der Waals surface area contributed by atoms with Gasteiger partial charge < -0.3 is 0 Å². The lowest BCUT2D eigenvalue weighted by Crippen LogP contribution is -1.90. The number of allylic oxidation sites excluding steroid dienone is 1. The molecule has 0 bridgehead atoms. The highest BCUT2D eigenvalue weighted by atomic mass is 32.2. The number of thioether (sulfide) groups is 1. The van der Waals surface area contributed by atoms with Gasteiger partial charge in [0.25, 0.3) is 0 Å². The fourth-order valence-electron chi connectivity index (χ4n) is 1.00. The Labute approximate surface area is 82.9 Å². The second-order valence-corrected chi connectivity index (χ2v) is 3.53. The van der Waals surface area contributed by atoms with Crippen LogP contribution >= 0.6 is 11.8 Å². The van der Waals surface area contributed by atoms with Crippen LogP contribution in [0.4, 0.5) is 0 Å². The maximum Gasteiger partial charge on any atom is 0.166 e. The quantitative estimate of drug-likeness (QED) is 0.685. The number of ketones is 1. The standard InChI is InChI=1S/C11H12OS/c1-9(12)11(13-2)8-10-6-4-3-5-7-10/h3-8H,1-2H3. The molecule has 0 spiro atoms. The van der Waals surface area contributed by atoms with Gasteiger partial charge in [-0.05, 0) is 24.8 Å². The van der Waals surface area contributed by atoms with Crippen molar-refractivity contribution >= 4 is 23.6 Å². The average Bonchev–Trinajstić information content (AvgIpc) is 2.15. The molecule has 68 valence electrons. The minimum Gasteiger partial charge on any atom is -0.294 e. The minimum absolute atomic E-state index is 0.122. The first-order valence-corrected chi connectivity index (χ1v) is 5.28. The van der Waals surface area contributed by atoms with E-state index in [4.69, 9.17) is 0 Å². The van der Waals surface area contributed by atoms with Crippen LogP contribution in [0.25, 0.3) is 6.08 Å². The summed E-state index contributed by atoms with van der Waals surface area (Å²) in [6.45, 7) is 1.59.